The fraction of sp³-hybridized carbons (Fsp3) is 0. The van der Waals surface area contributed by atoms with Crippen molar-refractivity contribution in [2.45, 2.75) is 0 Å². The zero-order valence-electron chi connectivity index (χ0n) is 6.48. The fourth-order valence-electron chi connectivity index (χ4n) is 0.918. The molecular weight excluding hydrogens is 188 g/mol. The van der Waals surface area contributed by atoms with E-state index in [4.69, 9.17) is 18.0 Å². The van der Waals surface area contributed by atoms with E-state index in [0.29, 0.717) is 5.82 Å². The highest BCUT2D eigenvalue weighted by molar-refractivity contribution is 7.71. The van der Waals surface area contributed by atoms with E-state index in [2.05, 4.69) is 25.1 Å². The highest BCUT2D eigenvalue weighted by Gasteiger charge is 2.01. The molecule has 4 N–H and O–H groups in total. The number of aromatic amines is 2. The Morgan fingerprint density at radius 2 is 2.23 bits per heavy atom. The van der Waals surface area contributed by atoms with Gasteiger partial charge in [0.2, 0.25) is 10.7 Å². The van der Waals surface area contributed by atoms with E-state index >= 15 is 0 Å². The van der Waals surface area contributed by atoms with E-state index in [0.717, 1.165) is 5.56 Å². The molecule has 7 heteroatoms. The summed E-state index contributed by atoms with van der Waals surface area (Å²) < 4.78 is 0.215. The molecule has 0 aliphatic heterocycles. The molecule has 0 radical (unpaired) electrons. The smallest absolute Gasteiger partial charge is 0.224 e. The summed E-state index contributed by atoms with van der Waals surface area (Å²) >= 11 is 4.81. The SMILES string of the molecule is Nc1nc(=S)nc(-c2cn[nH]c2)[nH]1. The standard InChI is InChI=1S/C6H6N6S/c7-5-10-4(11-6(13)12-5)3-1-8-9-2-3/h1-2H,(H,8,9)(H3,7,10,11,12,13). The van der Waals surface area contributed by atoms with Crippen molar-refractivity contribution in [3.63, 3.8) is 0 Å². The maximum Gasteiger partial charge on any atom is 0.224 e. The lowest BCUT2D eigenvalue weighted by atomic mass is 10.3. The number of nitrogen functional groups attached to an aromatic ring is 1. The minimum absolute atomic E-state index is 0.215. The van der Waals surface area contributed by atoms with Gasteiger partial charge in [-0.25, -0.2) is 4.98 Å². The van der Waals surface area contributed by atoms with Crippen molar-refractivity contribution in [1.29, 1.82) is 0 Å². The summed E-state index contributed by atoms with van der Waals surface area (Å²) in [6.07, 6.45) is 3.31. The van der Waals surface area contributed by atoms with Crippen LogP contribution in [0.2, 0.25) is 0 Å². The van der Waals surface area contributed by atoms with Crippen LogP contribution in [0, 0.1) is 4.77 Å². The van der Waals surface area contributed by atoms with Crippen molar-refractivity contribution in [3.8, 4) is 11.4 Å². The van der Waals surface area contributed by atoms with Gasteiger partial charge in [0.25, 0.3) is 0 Å². The lowest BCUT2D eigenvalue weighted by Crippen LogP contribution is -1.99. The molecule has 0 unspecified atom stereocenters. The van der Waals surface area contributed by atoms with E-state index < -0.39 is 0 Å². The Morgan fingerprint density at radius 3 is 2.85 bits per heavy atom. The first kappa shape index (κ1) is 7.87. The second-order valence-electron chi connectivity index (χ2n) is 2.35. The third-order valence-corrected chi connectivity index (χ3v) is 1.62. The van der Waals surface area contributed by atoms with Crippen LogP contribution in [-0.4, -0.2) is 25.1 Å². The number of aromatic nitrogens is 5. The monoisotopic (exact) mass is 194 g/mol. The molecule has 0 aliphatic rings. The van der Waals surface area contributed by atoms with Gasteiger partial charge in [0.15, 0.2) is 0 Å². The molecule has 0 saturated carbocycles. The first-order valence-electron chi connectivity index (χ1n) is 3.49. The maximum absolute atomic E-state index is 5.46. The number of H-pyrrole nitrogens is 2. The van der Waals surface area contributed by atoms with Crippen molar-refractivity contribution in [2.24, 2.45) is 0 Å². The van der Waals surface area contributed by atoms with Crippen LogP contribution >= 0.6 is 12.2 Å². The third kappa shape index (κ3) is 1.54. The summed E-state index contributed by atoms with van der Waals surface area (Å²) in [5.74, 6) is 0.808. The second-order valence-corrected chi connectivity index (χ2v) is 2.72. The van der Waals surface area contributed by atoms with Crippen molar-refractivity contribution in [3.05, 3.63) is 17.2 Å². The summed E-state index contributed by atoms with van der Waals surface area (Å²) in [4.78, 5) is 10.5. The summed E-state index contributed by atoms with van der Waals surface area (Å²) in [6, 6.07) is 0. The van der Waals surface area contributed by atoms with Crippen LogP contribution in [0.5, 0.6) is 0 Å². The molecule has 0 saturated heterocycles. The van der Waals surface area contributed by atoms with Crippen LogP contribution in [0.25, 0.3) is 11.4 Å². The van der Waals surface area contributed by atoms with Gasteiger partial charge in [0.1, 0.15) is 5.82 Å². The van der Waals surface area contributed by atoms with Crippen LogP contribution in [0.1, 0.15) is 0 Å². The Balaban J connectivity index is 2.59. The van der Waals surface area contributed by atoms with Crippen LogP contribution < -0.4 is 5.73 Å². The molecule has 2 aromatic heterocycles. The predicted octanol–water partition coefficient (Wildman–Crippen LogP) is 0.506. The molecule has 66 valence electrons. The van der Waals surface area contributed by atoms with E-state index in [9.17, 15) is 0 Å². The van der Waals surface area contributed by atoms with Gasteiger partial charge in [-0.1, -0.05) is 0 Å². The quantitative estimate of drug-likeness (QED) is 0.574. The number of anilines is 1. The molecule has 2 heterocycles. The van der Waals surface area contributed by atoms with Gasteiger partial charge < -0.3 is 10.7 Å². The van der Waals surface area contributed by atoms with Gasteiger partial charge in [-0.3, -0.25) is 5.10 Å². The molecule has 13 heavy (non-hydrogen) atoms. The second kappa shape index (κ2) is 2.94. The molecular formula is C6H6N6S. The van der Waals surface area contributed by atoms with Gasteiger partial charge >= 0.3 is 0 Å². The van der Waals surface area contributed by atoms with Crippen molar-refractivity contribution >= 4 is 18.2 Å². The van der Waals surface area contributed by atoms with Gasteiger partial charge in [-0.2, -0.15) is 10.1 Å². The molecule has 0 fully saturated rings. The Bertz CT molecular complexity index is 458. The van der Waals surface area contributed by atoms with Gasteiger partial charge in [-0.05, 0) is 12.2 Å². The highest BCUT2D eigenvalue weighted by atomic mass is 32.1. The lowest BCUT2D eigenvalue weighted by Gasteiger charge is -1.97. The Labute approximate surface area is 78.2 Å². The van der Waals surface area contributed by atoms with E-state index in [1.807, 2.05) is 0 Å². The number of nitrogens with one attached hydrogen (secondary N) is 2. The van der Waals surface area contributed by atoms with Crippen molar-refractivity contribution in [2.75, 3.05) is 5.73 Å². The molecule has 0 amide bonds. The number of hydrogen-bond acceptors (Lipinski definition) is 5. The fourth-order valence-corrected chi connectivity index (χ4v) is 1.11. The molecule has 0 atom stereocenters. The zero-order chi connectivity index (χ0) is 9.26. The Kier molecular flexibility index (Phi) is 1.78. The summed E-state index contributed by atoms with van der Waals surface area (Å²) in [5.41, 5.74) is 6.25. The molecule has 2 rings (SSSR count). The van der Waals surface area contributed by atoms with Crippen molar-refractivity contribution in [1.82, 2.24) is 25.1 Å². The van der Waals surface area contributed by atoms with E-state index in [-0.39, 0.29) is 10.7 Å². The summed E-state index contributed by atoms with van der Waals surface area (Å²) in [7, 11) is 0. The minimum atomic E-state index is 0.215. The number of rotatable bonds is 1. The summed E-state index contributed by atoms with van der Waals surface area (Å²) in [6.45, 7) is 0. The largest absolute Gasteiger partial charge is 0.369 e. The first-order chi connectivity index (χ1) is 6.25. The van der Waals surface area contributed by atoms with E-state index in [1.165, 1.54) is 0 Å². The number of hydrogen-bond donors (Lipinski definition) is 3. The number of nitrogens with two attached hydrogens (primary N) is 1. The normalized spacial score (nSPS) is 10.2. The zero-order valence-corrected chi connectivity index (χ0v) is 7.30. The molecule has 0 aromatic carbocycles. The molecule has 0 bridgehead atoms. The first-order valence-corrected chi connectivity index (χ1v) is 3.89. The Morgan fingerprint density at radius 1 is 1.38 bits per heavy atom. The van der Waals surface area contributed by atoms with Crippen LogP contribution in [0.4, 0.5) is 5.95 Å². The molecule has 6 nitrogen and oxygen atoms in total. The average Bonchev–Trinajstić information content (AvgIpc) is 2.53. The van der Waals surface area contributed by atoms with Gasteiger partial charge in [-0.15, -0.1) is 0 Å². The predicted molar refractivity (Wildman–Crippen MR) is 49.2 cm³/mol. The molecule has 0 spiro atoms. The Hall–Kier alpha value is -1.76. The van der Waals surface area contributed by atoms with E-state index in [1.54, 1.807) is 12.4 Å². The minimum Gasteiger partial charge on any atom is -0.369 e. The van der Waals surface area contributed by atoms with Crippen molar-refractivity contribution < 1.29 is 0 Å². The lowest BCUT2D eigenvalue weighted by molar-refractivity contribution is 1.05. The third-order valence-electron chi connectivity index (χ3n) is 1.44. The van der Waals surface area contributed by atoms with Crippen LogP contribution in [-0.2, 0) is 0 Å². The highest BCUT2D eigenvalue weighted by Crippen LogP contribution is 2.11. The van der Waals surface area contributed by atoms with Gasteiger partial charge in [0, 0.05) is 6.20 Å². The topological polar surface area (TPSA) is 96.3 Å². The maximum atomic E-state index is 5.46. The summed E-state index contributed by atoms with van der Waals surface area (Å²) in [5, 5.41) is 6.44. The molecule has 0 aliphatic carbocycles. The van der Waals surface area contributed by atoms with Crippen LogP contribution in [0.3, 0.4) is 0 Å². The van der Waals surface area contributed by atoms with Crippen LogP contribution in [0.15, 0.2) is 12.4 Å². The molecule has 2 aromatic rings. The number of nitrogens with zero attached hydrogens (tertiary/aromatic N) is 3. The average molecular weight is 194 g/mol. The van der Waals surface area contributed by atoms with Gasteiger partial charge in [0.05, 0.1) is 11.8 Å².